The smallest absolute Gasteiger partial charge is 0.341 e. The van der Waals surface area contributed by atoms with Gasteiger partial charge in [-0.2, -0.15) is 0 Å². The third kappa shape index (κ3) is 5.16. The molecule has 5 heteroatoms. The molecule has 5 nitrogen and oxygen atoms in total. The number of nitrogens with zero attached hydrogens (tertiary/aromatic N) is 2. The number of carbonyl (C=O) groups is 2. The molecule has 1 heterocycles. The van der Waals surface area contributed by atoms with Crippen LogP contribution in [-0.4, -0.2) is 22.0 Å². The Bertz CT molecular complexity index is 1730. The summed E-state index contributed by atoms with van der Waals surface area (Å²) in [7, 11) is 0. The van der Waals surface area contributed by atoms with Gasteiger partial charge in [0.15, 0.2) is 5.78 Å². The molecule has 5 rings (SSSR count). The molecule has 194 valence electrons. The molecular weight excluding hydrogens is 484 g/mol. The fourth-order valence-corrected chi connectivity index (χ4v) is 4.95. The van der Waals surface area contributed by atoms with Gasteiger partial charge < -0.3 is 9.40 Å². The van der Waals surface area contributed by atoms with Crippen LogP contribution in [0.5, 0.6) is 0 Å². The highest BCUT2D eigenvalue weighted by Crippen LogP contribution is 2.32. The van der Waals surface area contributed by atoms with E-state index < -0.39 is 5.97 Å². The lowest BCUT2D eigenvalue weighted by Gasteiger charge is -2.07. The number of benzene rings is 4. The number of ketones is 1. The van der Waals surface area contributed by atoms with E-state index in [2.05, 4.69) is 35.4 Å². The Morgan fingerprint density at radius 1 is 0.846 bits per heavy atom. The second-order valence-electron chi connectivity index (χ2n) is 9.46. The van der Waals surface area contributed by atoms with E-state index >= 15 is 0 Å². The fraction of sp³-hybridized carbons (Fsp3) is 0.147. The molecule has 0 unspecified atom stereocenters. The van der Waals surface area contributed by atoms with Gasteiger partial charge in [-0.3, -0.25) is 4.79 Å². The van der Waals surface area contributed by atoms with Crippen molar-refractivity contribution in [2.75, 3.05) is 0 Å². The highest BCUT2D eigenvalue weighted by molar-refractivity contribution is 6.16. The summed E-state index contributed by atoms with van der Waals surface area (Å²) in [4.78, 5) is 31.3. The summed E-state index contributed by atoms with van der Waals surface area (Å²) >= 11 is 0. The van der Waals surface area contributed by atoms with E-state index in [0.29, 0.717) is 35.2 Å². The molecule has 0 fully saturated rings. The minimum atomic E-state index is -0.505. The first-order valence-electron chi connectivity index (χ1n) is 13.1. The number of hydrogen-bond donors (Lipinski definition) is 0. The molecule has 0 bridgehead atoms. The van der Waals surface area contributed by atoms with E-state index in [0.717, 1.165) is 39.5 Å². The van der Waals surface area contributed by atoms with E-state index in [4.69, 9.17) is 4.84 Å². The maximum absolute atomic E-state index is 13.4. The largest absolute Gasteiger partial charge is 0.365 e. The molecule has 0 saturated heterocycles. The molecule has 0 N–H and O–H groups in total. The highest BCUT2D eigenvalue weighted by atomic mass is 16.7. The summed E-state index contributed by atoms with van der Waals surface area (Å²) < 4.78 is 2.24. The molecule has 5 aromatic rings. The lowest BCUT2D eigenvalue weighted by molar-refractivity contribution is 0.0515. The zero-order valence-electron chi connectivity index (χ0n) is 22.2. The van der Waals surface area contributed by atoms with Gasteiger partial charge in [0.05, 0.1) is 11.3 Å². The third-order valence-corrected chi connectivity index (χ3v) is 7.00. The van der Waals surface area contributed by atoms with Gasteiger partial charge in [0.1, 0.15) is 0 Å². The van der Waals surface area contributed by atoms with Crippen molar-refractivity contribution in [3.05, 3.63) is 131 Å². The zero-order valence-corrected chi connectivity index (χ0v) is 22.2. The first-order chi connectivity index (χ1) is 19.0. The standard InChI is InChI=1S/C34H30N2O3/c1-4-6-16-30(35-39-34(38)24-13-8-7-9-14-24)25-17-19-31-28(21-25)29-22-26(18-20-32(29)36(31)5-2)33(37)27-15-11-10-12-23(27)3/h4,7-15,17-22H,1,5-6,16H2,2-3H3. The van der Waals surface area contributed by atoms with Crippen molar-refractivity contribution in [3.63, 3.8) is 0 Å². The molecule has 0 spiro atoms. The van der Waals surface area contributed by atoms with Crippen molar-refractivity contribution in [2.24, 2.45) is 5.16 Å². The predicted octanol–water partition coefficient (Wildman–Crippen LogP) is 7.88. The van der Waals surface area contributed by atoms with Gasteiger partial charge in [0.25, 0.3) is 0 Å². The number of oxime groups is 1. The number of aromatic nitrogens is 1. The summed E-state index contributed by atoms with van der Waals surface area (Å²) in [6.07, 6.45) is 3.07. The molecule has 39 heavy (non-hydrogen) atoms. The second kappa shape index (κ2) is 11.3. The lowest BCUT2D eigenvalue weighted by atomic mass is 9.97. The minimum Gasteiger partial charge on any atom is -0.341 e. The molecule has 0 radical (unpaired) electrons. The molecular formula is C34H30N2O3. The van der Waals surface area contributed by atoms with Crippen LogP contribution in [0.25, 0.3) is 21.8 Å². The van der Waals surface area contributed by atoms with Crippen LogP contribution < -0.4 is 0 Å². The van der Waals surface area contributed by atoms with Gasteiger partial charge in [0, 0.05) is 45.0 Å². The number of hydrogen-bond acceptors (Lipinski definition) is 4. The number of rotatable bonds is 9. The molecule has 1 aromatic heterocycles. The van der Waals surface area contributed by atoms with E-state index in [-0.39, 0.29) is 5.78 Å². The molecule has 0 saturated carbocycles. The van der Waals surface area contributed by atoms with Crippen LogP contribution in [0.15, 0.2) is 109 Å². The molecule has 4 aromatic carbocycles. The van der Waals surface area contributed by atoms with Crippen molar-refractivity contribution in [2.45, 2.75) is 33.2 Å². The number of fused-ring (bicyclic) bond motifs is 3. The maximum Gasteiger partial charge on any atom is 0.365 e. The van der Waals surface area contributed by atoms with Gasteiger partial charge in [-0.1, -0.05) is 59.8 Å². The SMILES string of the molecule is C=CCCC(=NOC(=O)c1ccccc1)c1ccc2c(c1)c1cc(C(=O)c3ccccc3C)ccc1n2CC. The van der Waals surface area contributed by atoms with Crippen LogP contribution in [0.2, 0.25) is 0 Å². The van der Waals surface area contributed by atoms with Crippen LogP contribution in [0.1, 0.15) is 57.2 Å². The zero-order chi connectivity index (χ0) is 27.4. The summed E-state index contributed by atoms with van der Waals surface area (Å²) in [6, 6.07) is 28.5. The quantitative estimate of drug-likeness (QED) is 0.0661. The molecule has 0 amide bonds. The Hall–Kier alpha value is -4.77. The Morgan fingerprint density at radius 3 is 2.15 bits per heavy atom. The summed E-state index contributed by atoms with van der Waals surface area (Å²) in [5.74, 6) is -0.501. The summed E-state index contributed by atoms with van der Waals surface area (Å²) in [5.41, 5.74) is 6.39. The number of carbonyl (C=O) groups excluding carboxylic acids is 2. The van der Waals surface area contributed by atoms with E-state index in [1.54, 1.807) is 24.3 Å². The Kier molecular flexibility index (Phi) is 7.50. The Labute approximate surface area is 228 Å². The molecule has 0 aliphatic carbocycles. The number of aryl methyl sites for hydroxylation is 2. The van der Waals surface area contributed by atoms with Gasteiger partial charge in [0.2, 0.25) is 0 Å². The van der Waals surface area contributed by atoms with Gasteiger partial charge in [-0.05, 0) is 74.7 Å². The van der Waals surface area contributed by atoms with Crippen LogP contribution in [0.3, 0.4) is 0 Å². The third-order valence-electron chi connectivity index (χ3n) is 7.00. The Morgan fingerprint density at radius 2 is 1.49 bits per heavy atom. The lowest BCUT2D eigenvalue weighted by Crippen LogP contribution is -2.06. The summed E-state index contributed by atoms with van der Waals surface area (Å²) in [5, 5.41) is 6.29. The van der Waals surface area contributed by atoms with Crippen molar-refractivity contribution in [3.8, 4) is 0 Å². The second-order valence-corrected chi connectivity index (χ2v) is 9.46. The molecule has 0 aliphatic rings. The average molecular weight is 515 g/mol. The summed E-state index contributed by atoms with van der Waals surface area (Å²) in [6.45, 7) is 8.69. The fourth-order valence-electron chi connectivity index (χ4n) is 4.95. The van der Waals surface area contributed by atoms with Crippen molar-refractivity contribution in [1.29, 1.82) is 0 Å². The van der Waals surface area contributed by atoms with Crippen molar-refractivity contribution < 1.29 is 14.4 Å². The first kappa shape index (κ1) is 25.9. The topological polar surface area (TPSA) is 60.7 Å². The van der Waals surface area contributed by atoms with E-state index in [1.165, 1.54) is 0 Å². The minimum absolute atomic E-state index is 0.00427. The van der Waals surface area contributed by atoms with Crippen LogP contribution >= 0.6 is 0 Å². The highest BCUT2D eigenvalue weighted by Gasteiger charge is 2.17. The van der Waals surface area contributed by atoms with E-state index in [9.17, 15) is 9.59 Å². The molecule has 0 atom stereocenters. The maximum atomic E-state index is 13.4. The van der Waals surface area contributed by atoms with Crippen LogP contribution in [-0.2, 0) is 11.4 Å². The predicted molar refractivity (Wildman–Crippen MR) is 158 cm³/mol. The van der Waals surface area contributed by atoms with Gasteiger partial charge >= 0.3 is 5.97 Å². The average Bonchev–Trinajstić information content (AvgIpc) is 3.29. The first-order valence-corrected chi connectivity index (χ1v) is 13.1. The van der Waals surface area contributed by atoms with Crippen LogP contribution in [0, 0.1) is 6.92 Å². The van der Waals surface area contributed by atoms with Crippen molar-refractivity contribution in [1.82, 2.24) is 4.57 Å². The van der Waals surface area contributed by atoms with Crippen molar-refractivity contribution >= 4 is 39.3 Å². The van der Waals surface area contributed by atoms with Gasteiger partial charge in [-0.25, -0.2) is 4.79 Å². The van der Waals surface area contributed by atoms with Crippen LogP contribution in [0.4, 0.5) is 0 Å². The number of allylic oxidation sites excluding steroid dienone is 1. The molecule has 0 aliphatic heterocycles. The Balaban J connectivity index is 1.59. The van der Waals surface area contributed by atoms with E-state index in [1.807, 2.05) is 67.6 Å². The van der Waals surface area contributed by atoms with Gasteiger partial charge in [-0.15, -0.1) is 6.58 Å². The monoisotopic (exact) mass is 514 g/mol. The normalized spacial score (nSPS) is 11.6.